The van der Waals surface area contributed by atoms with E-state index in [1.165, 1.54) is 11.3 Å². The lowest BCUT2D eigenvalue weighted by atomic mass is 10.1. The summed E-state index contributed by atoms with van der Waals surface area (Å²) in [5.74, 6) is 0. The second-order valence-electron chi connectivity index (χ2n) is 4.88. The topological polar surface area (TPSA) is 46.2 Å². The largest absolute Gasteiger partial charge is 0.250 e. The van der Waals surface area contributed by atoms with Gasteiger partial charge in [0.2, 0.25) is 0 Å². The maximum Gasteiger partial charge on any atom is 0.250 e. The van der Waals surface area contributed by atoms with Crippen molar-refractivity contribution in [3.05, 3.63) is 52.4 Å². The van der Waals surface area contributed by atoms with Crippen molar-refractivity contribution in [2.75, 3.05) is 0 Å². The van der Waals surface area contributed by atoms with Crippen molar-refractivity contribution in [1.82, 2.24) is 4.72 Å². The number of fused-ring (bicyclic) bond motifs is 1. The van der Waals surface area contributed by atoms with Gasteiger partial charge in [0.05, 0.1) is 11.4 Å². The molecule has 106 valence electrons. The molecule has 0 saturated heterocycles. The summed E-state index contributed by atoms with van der Waals surface area (Å²) in [4.78, 5) is 0.972. The Labute approximate surface area is 127 Å². The molecule has 0 radical (unpaired) electrons. The van der Waals surface area contributed by atoms with Gasteiger partial charge in [-0.05, 0) is 36.6 Å². The number of rotatable bonds is 3. The molecule has 2 atom stereocenters. The summed E-state index contributed by atoms with van der Waals surface area (Å²) in [7, 11) is -3.51. The highest BCUT2D eigenvalue weighted by Gasteiger charge is 2.34. The van der Waals surface area contributed by atoms with Crippen molar-refractivity contribution >= 4 is 33.0 Å². The van der Waals surface area contributed by atoms with E-state index < -0.39 is 10.0 Å². The third-order valence-electron chi connectivity index (χ3n) is 3.43. The van der Waals surface area contributed by atoms with Gasteiger partial charge >= 0.3 is 0 Å². The molecule has 2 aromatic rings. The van der Waals surface area contributed by atoms with Crippen LogP contribution in [-0.2, 0) is 16.4 Å². The lowest BCUT2D eigenvalue weighted by Crippen LogP contribution is -2.31. The third-order valence-corrected chi connectivity index (χ3v) is 6.77. The SMILES string of the molecule is Cc1ccc(S(=O)(=O)NC2c3ccccc3CC2Cl)s1. The minimum absolute atomic E-state index is 0.247. The van der Waals surface area contributed by atoms with Crippen LogP contribution in [0.5, 0.6) is 0 Å². The quantitative estimate of drug-likeness (QED) is 0.880. The molecule has 1 aliphatic carbocycles. The molecule has 6 heteroatoms. The van der Waals surface area contributed by atoms with E-state index in [9.17, 15) is 8.42 Å². The van der Waals surface area contributed by atoms with E-state index in [0.29, 0.717) is 10.6 Å². The van der Waals surface area contributed by atoms with Crippen LogP contribution in [0.25, 0.3) is 0 Å². The lowest BCUT2D eigenvalue weighted by Gasteiger charge is -2.16. The van der Waals surface area contributed by atoms with Crippen LogP contribution < -0.4 is 4.72 Å². The lowest BCUT2D eigenvalue weighted by molar-refractivity contribution is 0.558. The fourth-order valence-corrected chi connectivity index (χ4v) is 5.46. The van der Waals surface area contributed by atoms with Crippen LogP contribution in [0.3, 0.4) is 0 Å². The van der Waals surface area contributed by atoms with Gasteiger partial charge in [-0.3, -0.25) is 0 Å². The summed E-state index contributed by atoms with van der Waals surface area (Å²) in [6, 6.07) is 10.9. The minimum Gasteiger partial charge on any atom is -0.206 e. The monoisotopic (exact) mass is 327 g/mol. The van der Waals surface area contributed by atoms with Gasteiger partial charge in [0.15, 0.2) is 0 Å². The highest BCUT2D eigenvalue weighted by atomic mass is 35.5. The smallest absolute Gasteiger partial charge is 0.206 e. The Balaban J connectivity index is 1.92. The molecular formula is C14H14ClNO2S2. The van der Waals surface area contributed by atoms with Crippen LogP contribution in [0.2, 0.25) is 0 Å². The first kappa shape index (κ1) is 14.1. The second-order valence-corrected chi connectivity index (χ2v) is 8.67. The molecular weight excluding hydrogens is 314 g/mol. The van der Waals surface area contributed by atoms with Crippen LogP contribution >= 0.6 is 22.9 Å². The number of hydrogen-bond acceptors (Lipinski definition) is 3. The van der Waals surface area contributed by atoms with Gasteiger partial charge in [-0.1, -0.05) is 24.3 Å². The molecule has 1 aromatic heterocycles. The van der Waals surface area contributed by atoms with E-state index in [0.717, 1.165) is 16.0 Å². The summed E-state index contributed by atoms with van der Waals surface area (Å²) in [5.41, 5.74) is 2.09. The zero-order valence-electron chi connectivity index (χ0n) is 10.8. The van der Waals surface area contributed by atoms with Crippen LogP contribution in [0.15, 0.2) is 40.6 Å². The fraction of sp³-hybridized carbons (Fsp3) is 0.286. The summed E-state index contributed by atoms with van der Waals surface area (Å²) in [6.45, 7) is 1.89. The number of nitrogens with one attached hydrogen (secondary N) is 1. The van der Waals surface area contributed by atoms with Gasteiger partial charge < -0.3 is 0 Å². The highest BCUT2D eigenvalue weighted by molar-refractivity contribution is 7.91. The summed E-state index contributed by atoms with van der Waals surface area (Å²) >= 11 is 7.59. The Kier molecular flexibility index (Phi) is 3.62. The van der Waals surface area contributed by atoms with Crippen molar-refractivity contribution in [2.45, 2.75) is 29.0 Å². The van der Waals surface area contributed by atoms with Gasteiger partial charge in [0, 0.05) is 4.88 Å². The third kappa shape index (κ3) is 2.51. The Bertz CT molecular complexity index is 739. The Hall–Kier alpha value is -0.880. The van der Waals surface area contributed by atoms with E-state index in [2.05, 4.69) is 4.72 Å². The maximum atomic E-state index is 12.4. The average molecular weight is 328 g/mol. The number of thiophene rings is 1. The first-order chi connectivity index (χ1) is 9.47. The first-order valence-corrected chi connectivity index (χ1v) is 9.01. The molecule has 0 fully saturated rings. The zero-order valence-corrected chi connectivity index (χ0v) is 13.2. The predicted molar refractivity (Wildman–Crippen MR) is 81.9 cm³/mol. The Morgan fingerprint density at radius 3 is 2.70 bits per heavy atom. The van der Waals surface area contributed by atoms with E-state index in [1.54, 1.807) is 12.1 Å². The van der Waals surface area contributed by atoms with Crippen molar-refractivity contribution < 1.29 is 8.42 Å². The molecule has 0 aliphatic heterocycles. The molecule has 2 unspecified atom stereocenters. The molecule has 0 amide bonds. The predicted octanol–water partition coefficient (Wildman–Crippen LogP) is 3.24. The van der Waals surface area contributed by atoms with Gasteiger partial charge in [0.25, 0.3) is 10.0 Å². The molecule has 3 nitrogen and oxygen atoms in total. The second kappa shape index (κ2) is 5.15. The Morgan fingerprint density at radius 1 is 1.25 bits per heavy atom. The van der Waals surface area contributed by atoms with Crippen LogP contribution in [0.4, 0.5) is 0 Å². The highest BCUT2D eigenvalue weighted by Crippen LogP contribution is 2.36. The van der Waals surface area contributed by atoms with Gasteiger partial charge in [0.1, 0.15) is 4.21 Å². The van der Waals surface area contributed by atoms with Gasteiger partial charge in [-0.15, -0.1) is 22.9 Å². The molecule has 1 N–H and O–H groups in total. The normalized spacial score (nSPS) is 21.9. The van der Waals surface area contributed by atoms with Crippen molar-refractivity contribution in [1.29, 1.82) is 0 Å². The standard InChI is InChI=1S/C14H14ClNO2S2/c1-9-6-7-13(19-9)20(17,18)16-14-11-5-3-2-4-10(11)8-12(14)15/h2-7,12,14,16H,8H2,1H3. The van der Waals surface area contributed by atoms with E-state index in [-0.39, 0.29) is 11.4 Å². The van der Waals surface area contributed by atoms with Crippen molar-refractivity contribution in [3.8, 4) is 0 Å². The van der Waals surface area contributed by atoms with Crippen LogP contribution in [0, 0.1) is 6.92 Å². The molecule has 0 saturated carbocycles. The first-order valence-electron chi connectivity index (χ1n) is 6.28. The van der Waals surface area contributed by atoms with E-state index in [4.69, 9.17) is 11.6 Å². The van der Waals surface area contributed by atoms with E-state index in [1.807, 2.05) is 31.2 Å². The number of benzene rings is 1. The number of hydrogen-bond donors (Lipinski definition) is 1. The molecule has 20 heavy (non-hydrogen) atoms. The number of alkyl halides is 1. The van der Waals surface area contributed by atoms with Gasteiger partial charge in [-0.2, -0.15) is 0 Å². The average Bonchev–Trinajstić information content (AvgIpc) is 2.95. The fourth-order valence-electron chi connectivity index (χ4n) is 2.47. The number of aryl methyl sites for hydroxylation is 1. The molecule has 1 aromatic carbocycles. The van der Waals surface area contributed by atoms with Crippen molar-refractivity contribution in [2.24, 2.45) is 0 Å². The number of halogens is 1. The minimum atomic E-state index is -3.51. The molecule has 3 rings (SSSR count). The molecule has 0 spiro atoms. The van der Waals surface area contributed by atoms with Crippen LogP contribution in [-0.4, -0.2) is 13.8 Å². The van der Waals surface area contributed by atoms with E-state index >= 15 is 0 Å². The summed E-state index contributed by atoms with van der Waals surface area (Å²) in [6.07, 6.45) is 0.689. The number of sulfonamides is 1. The van der Waals surface area contributed by atoms with Crippen molar-refractivity contribution in [3.63, 3.8) is 0 Å². The Morgan fingerprint density at radius 2 is 2.00 bits per heavy atom. The molecule has 0 bridgehead atoms. The van der Waals surface area contributed by atoms with Crippen LogP contribution in [0.1, 0.15) is 22.0 Å². The van der Waals surface area contributed by atoms with Gasteiger partial charge in [-0.25, -0.2) is 13.1 Å². The zero-order chi connectivity index (χ0) is 14.3. The molecule has 1 aliphatic rings. The maximum absolute atomic E-state index is 12.4. The summed E-state index contributed by atoms with van der Waals surface area (Å²) < 4.78 is 27.9. The summed E-state index contributed by atoms with van der Waals surface area (Å²) in [5, 5.41) is -0.247. The molecule has 1 heterocycles.